The van der Waals surface area contributed by atoms with Crippen LogP contribution in [0.2, 0.25) is 0 Å². The quantitative estimate of drug-likeness (QED) is 0.571. The van der Waals surface area contributed by atoms with E-state index in [2.05, 4.69) is 9.97 Å². The third-order valence-corrected chi connectivity index (χ3v) is 4.90. The molecule has 4 N–H and O–H groups in total. The molecule has 0 saturated carbocycles. The first-order chi connectivity index (χ1) is 12.3. The fourth-order valence-corrected chi connectivity index (χ4v) is 3.40. The van der Waals surface area contributed by atoms with Gasteiger partial charge in [0, 0.05) is 0 Å². The van der Waals surface area contributed by atoms with Crippen LogP contribution >= 0.6 is 11.8 Å². The van der Waals surface area contributed by atoms with E-state index in [1.165, 1.54) is 18.0 Å². The number of hydrogen-bond acceptors (Lipinski definition) is 4. The lowest BCUT2D eigenvalue weighted by molar-refractivity contribution is -0.152. The topological polar surface area (TPSA) is 92.0 Å². The average Bonchev–Trinajstić information content (AvgIpc) is 3.06. The van der Waals surface area contributed by atoms with Crippen molar-refractivity contribution in [2.75, 3.05) is 11.5 Å². The number of H-pyrrole nitrogens is 1. The molecule has 0 aliphatic heterocycles. The number of imidazole rings is 1. The van der Waals surface area contributed by atoms with Crippen molar-refractivity contribution in [3.63, 3.8) is 0 Å². The summed E-state index contributed by atoms with van der Waals surface area (Å²) in [6.45, 7) is 0. The summed E-state index contributed by atoms with van der Waals surface area (Å²) >= 11 is 1.26. The molecule has 1 aromatic heterocycles. The van der Waals surface area contributed by atoms with Gasteiger partial charge >= 0.3 is 12.1 Å². The summed E-state index contributed by atoms with van der Waals surface area (Å²) < 4.78 is 40.2. The Labute approximate surface area is 153 Å². The lowest BCUT2D eigenvalue weighted by Gasteiger charge is -2.18. The molecule has 9 heteroatoms. The zero-order valence-corrected chi connectivity index (χ0v) is 14.7. The highest BCUT2D eigenvalue weighted by Crippen LogP contribution is 2.37. The second-order valence-electron chi connectivity index (χ2n) is 5.78. The molecule has 2 rings (SSSR count). The van der Waals surface area contributed by atoms with Crippen molar-refractivity contribution < 1.29 is 23.1 Å². The molecule has 0 spiro atoms. The highest BCUT2D eigenvalue weighted by molar-refractivity contribution is 7.99. The van der Waals surface area contributed by atoms with Crippen molar-refractivity contribution in [3.05, 3.63) is 42.4 Å². The SMILES string of the molecule is NC(CCSCCC(c1ncc(-c2ccccc2)[nH]1)C(F)(F)F)C(=O)O. The summed E-state index contributed by atoms with van der Waals surface area (Å²) in [6.07, 6.45) is -2.93. The van der Waals surface area contributed by atoms with E-state index in [0.717, 1.165) is 5.56 Å². The third kappa shape index (κ3) is 5.77. The molecule has 26 heavy (non-hydrogen) atoms. The number of alkyl halides is 3. The van der Waals surface area contributed by atoms with Crippen LogP contribution in [0.4, 0.5) is 13.2 Å². The number of carboxylic acids is 1. The fraction of sp³-hybridized carbons (Fsp3) is 0.412. The minimum Gasteiger partial charge on any atom is -0.480 e. The second-order valence-corrected chi connectivity index (χ2v) is 7.00. The van der Waals surface area contributed by atoms with Gasteiger partial charge in [0.1, 0.15) is 17.8 Å². The normalized spacial score (nSPS) is 14.2. The van der Waals surface area contributed by atoms with Crippen LogP contribution in [0, 0.1) is 0 Å². The molecular formula is C17H20F3N3O2S. The smallest absolute Gasteiger partial charge is 0.398 e. The number of nitrogens with zero attached hydrogens (tertiary/aromatic N) is 1. The van der Waals surface area contributed by atoms with Gasteiger partial charge in [-0.1, -0.05) is 30.3 Å². The Morgan fingerprint density at radius 2 is 1.88 bits per heavy atom. The van der Waals surface area contributed by atoms with E-state index in [0.29, 0.717) is 11.4 Å². The fourth-order valence-electron chi connectivity index (χ4n) is 2.37. The number of nitrogens with one attached hydrogen (secondary N) is 1. The largest absolute Gasteiger partial charge is 0.480 e. The number of carboxylic acid groups (broad SMARTS) is 1. The van der Waals surface area contributed by atoms with Crippen LogP contribution < -0.4 is 5.73 Å². The van der Waals surface area contributed by atoms with E-state index in [1.54, 1.807) is 24.3 Å². The van der Waals surface area contributed by atoms with Gasteiger partial charge in [0.25, 0.3) is 0 Å². The maximum Gasteiger partial charge on any atom is 0.398 e. The molecule has 1 aromatic carbocycles. The van der Waals surface area contributed by atoms with Crippen LogP contribution in [-0.2, 0) is 4.79 Å². The van der Waals surface area contributed by atoms with Crippen LogP contribution in [0.1, 0.15) is 24.6 Å². The molecule has 5 nitrogen and oxygen atoms in total. The Kier molecular flexibility index (Phi) is 7.10. The maximum atomic E-state index is 13.4. The van der Waals surface area contributed by atoms with E-state index in [4.69, 9.17) is 10.8 Å². The molecule has 0 bridgehead atoms. The van der Waals surface area contributed by atoms with Gasteiger partial charge in [-0.3, -0.25) is 4.79 Å². The van der Waals surface area contributed by atoms with Crippen LogP contribution in [-0.4, -0.2) is 44.8 Å². The number of nitrogens with two attached hydrogens (primary N) is 1. The van der Waals surface area contributed by atoms with Crippen LogP contribution in [0.5, 0.6) is 0 Å². The zero-order valence-electron chi connectivity index (χ0n) is 13.9. The number of benzene rings is 1. The predicted octanol–water partition coefficient (Wildman–Crippen LogP) is 3.65. The molecule has 0 aliphatic rings. The lowest BCUT2D eigenvalue weighted by atomic mass is 10.1. The van der Waals surface area contributed by atoms with Crippen LogP contribution in [0.25, 0.3) is 11.3 Å². The second kappa shape index (κ2) is 9.09. The Balaban J connectivity index is 1.96. The standard InChI is InChI=1S/C17H20F3N3O2S/c18-17(19,20)12(6-8-26-9-7-13(21)16(24)25)15-22-10-14(23-15)11-4-2-1-3-5-11/h1-5,10,12-13H,6-9,21H2,(H,22,23)(H,24,25). The van der Waals surface area contributed by atoms with Gasteiger partial charge in [0.15, 0.2) is 0 Å². The summed E-state index contributed by atoms with van der Waals surface area (Å²) in [6, 6.07) is 8.03. The first kappa shape index (κ1) is 20.3. The van der Waals surface area contributed by atoms with Gasteiger partial charge in [-0.2, -0.15) is 24.9 Å². The molecule has 2 aromatic rings. The van der Waals surface area contributed by atoms with Gasteiger partial charge < -0.3 is 15.8 Å². The molecule has 0 amide bonds. The number of aliphatic carboxylic acids is 1. The highest BCUT2D eigenvalue weighted by atomic mass is 32.2. The van der Waals surface area contributed by atoms with Crippen molar-refractivity contribution in [2.24, 2.45) is 5.73 Å². The molecule has 1 heterocycles. The molecular weight excluding hydrogens is 367 g/mol. The number of thioether (sulfide) groups is 1. The van der Waals surface area contributed by atoms with Gasteiger partial charge in [-0.15, -0.1) is 0 Å². The number of carbonyl (C=O) groups is 1. The predicted molar refractivity (Wildman–Crippen MR) is 95.0 cm³/mol. The summed E-state index contributed by atoms with van der Waals surface area (Å²) in [4.78, 5) is 17.3. The lowest BCUT2D eigenvalue weighted by Crippen LogP contribution is -2.30. The van der Waals surface area contributed by atoms with E-state index in [1.807, 2.05) is 6.07 Å². The number of rotatable bonds is 9. The van der Waals surface area contributed by atoms with Gasteiger partial charge in [0.2, 0.25) is 0 Å². The number of halogens is 3. The number of aromatic amines is 1. The number of hydrogen-bond donors (Lipinski definition) is 3. The first-order valence-electron chi connectivity index (χ1n) is 8.02. The van der Waals surface area contributed by atoms with E-state index in [-0.39, 0.29) is 24.4 Å². The molecule has 0 fully saturated rings. The Hall–Kier alpha value is -2.00. The monoisotopic (exact) mass is 387 g/mol. The molecule has 0 saturated heterocycles. The Bertz CT molecular complexity index is 707. The van der Waals surface area contributed by atoms with Crippen LogP contribution in [0.3, 0.4) is 0 Å². The zero-order chi connectivity index (χ0) is 19.2. The third-order valence-electron chi connectivity index (χ3n) is 3.85. The Morgan fingerprint density at radius 3 is 2.50 bits per heavy atom. The summed E-state index contributed by atoms with van der Waals surface area (Å²) in [5, 5.41) is 8.68. The minimum atomic E-state index is -4.41. The summed E-state index contributed by atoms with van der Waals surface area (Å²) in [5.41, 5.74) is 6.67. The number of aromatic nitrogens is 2. The maximum absolute atomic E-state index is 13.4. The molecule has 2 atom stereocenters. The van der Waals surface area contributed by atoms with Crippen LogP contribution in [0.15, 0.2) is 36.5 Å². The van der Waals surface area contributed by atoms with Gasteiger partial charge in [-0.05, 0) is 29.9 Å². The highest BCUT2D eigenvalue weighted by Gasteiger charge is 2.42. The van der Waals surface area contributed by atoms with Gasteiger partial charge in [0.05, 0.1) is 11.9 Å². The molecule has 0 aliphatic carbocycles. The first-order valence-corrected chi connectivity index (χ1v) is 9.17. The van der Waals surface area contributed by atoms with Crippen molar-refractivity contribution in [1.82, 2.24) is 9.97 Å². The van der Waals surface area contributed by atoms with E-state index in [9.17, 15) is 18.0 Å². The molecule has 2 unspecified atom stereocenters. The average molecular weight is 387 g/mol. The van der Waals surface area contributed by atoms with Crippen molar-refractivity contribution in [3.8, 4) is 11.3 Å². The minimum absolute atomic E-state index is 0.112. The van der Waals surface area contributed by atoms with Gasteiger partial charge in [-0.25, -0.2) is 4.98 Å². The van der Waals surface area contributed by atoms with Crippen molar-refractivity contribution in [1.29, 1.82) is 0 Å². The van der Waals surface area contributed by atoms with Crippen molar-refractivity contribution >= 4 is 17.7 Å². The molecule has 0 radical (unpaired) electrons. The van der Waals surface area contributed by atoms with Crippen molar-refractivity contribution in [2.45, 2.75) is 31.0 Å². The molecule has 142 valence electrons. The Morgan fingerprint density at radius 1 is 1.23 bits per heavy atom. The van der Waals surface area contributed by atoms with E-state index >= 15 is 0 Å². The summed E-state index contributed by atoms with van der Waals surface area (Å²) in [7, 11) is 0. The summed E-state index contributed by atoms with van der Waals surface area (Å²) in [5.74, 6) is -2.29. The van der Waals surface area contributed by atoms with E-state index < -0.39 is 24.1 Å².